The van der Waals surface area contributed by atoms with Gasteiger partial charge in [-0.25, -0.2) is 17.8 Å². The number of amides is 2. The summed E-state index contributed by atoms with van der Waals surface area (Å²) in [5.41, 5.74) is 1.74. The Morgan fingerprint density at radius 1 is 1.00 bits per heavy atom. The molecule has 1 aromatic heterocycles. The molecule has 0 fully saturated rings. The van der Waals surface area contributed by atoms with Crippen LogP contribution in [0.1, 0.15) is 4.88 Å². The van der Waals surface area contributed by atoms with Crippen LogP contribution in [-0.2, 0) is 19.4 Å². The van der Waals surface area contributed by atoms with E-state index in [-0.39, 0.29) is 10.8 Å². The molecule has 0 radical (unpaired) electrons. The van der Waals surface area contributed by atoms with Crippen LogP contribution in [0.2, 0.25) is 0 Å². The Labute approximate surface area is 188 Å². The molecular weight excluding hydrogens is 457 g/mol. The van der Waals surface area contributed by atoms with E-state index >= 15 is 0 Å². The number of benzene rings is 2. The molecule has 11 heteroatoms. The fourth-order valence-electron chi connectivity index (χ4n) is 2.80. The van der Waals surface area contributed by atoms with Crippen molar-refractivity contribution in [2.45, 2.75) is 6.92 Å². The molecule has 0 aliphatic heterocycles. The van der Waals surface area contributed by atoms with E-state index in [2.05, 4.69) is 15.6 Å². The number of hydrogen-bond donors (Lipinski definition) is 2. The van der Waals surface area contributed by atoms with Gasteiger partial charge in [-0.05, 0) is 55.5 Å². The number of halogens is 1. The highest BCUT2D eigenvalue weighted by molar-refractivity contribution is 7.92. The second-order valence-corrected chi connectivity index (χ2v) is 10.1. The number of nitrogens with zero attached hydrogens (tertiary/aromatic N) is 1. The molecule has 2 N–H and O–H groups in total. The lowest BCUT2D eigenvalue weighted by Gasteiger charge is -2.06. The maximum atomic E-state index is 12.9. The molecule has 168 valence electrons. The van der Waals surface area contributed by atoms with E-state index in [1.807, 2.05) is 19.1 Å². The summed E-state index contributed by atoms with van der Waals surface area (Å²) >= 11 is 1.21. The first-order valence-corrected chi connectivity index (χ1v) is 12.0. The summed E-state index contributed by atoms with van der Waals surface area (Å²) < 4.78 is 42.5. The average molecular weight is 478 g/mol. The first-order chi connectivity index (χ1) is 15.1. The van der Waals surface area contributed by atoms with Gasteiger partial charge in [-0.15, -0.1) is 11.3 Å². The van der Waals surface area contributed by atoms with Crippen LogP contribution >= 0.6 is 11.3 Å². The Morgan fingerprint density at radius 2 is 1.59 bits per heavy atom. The number of nitrogens with one attached hydrogen (secondary N) is 2. The van der Waals surface area contributed by atoms with Crippen LogP contribution in [-0.4, -0.2) is 43.8 Å². The third kappa shape index (κ3) is 6.34. The number of methoxy groups -OCH3 is 1. The van der Waals surface area contributed by atoms with E-state index in [0.29, 0.717) is 11.4 Å². The van der Waals surface area contributed by atoms with Gasteiger partial charge in [0.1, 0.15) is 23.1 Å². The van der Waals surface area contributed by atoms with Crippen molar-refractivity contribution in [3.63, 3.8) is 0 Å². The van der Waals surface area contributed by atoms with Gasteiger partial charge in [0, 0.05) is 16.1 Å². The molecule has 2 amide bonds. The van der Waals surface area contributed by atoms with Gasteiger partial charge in [-0.3, -0.25) is 9.59 Å². The van der Waals surface area contributed by atoms with Gasteiger partial charge in [-0.2, -0.15) is 0 Å². The van der Waals surface area contributed by atoms with Crippen molar-refractivity contribution in [1.29, 1.82) is 0 Å². The quantitative estimate of drug-likeness (QED) is 0.515. The smallest absolute Gasteiger partial charge is 0.241 e. The highest BCUT2D eigenvalue weighted by atomic mass is 32.2. The van der Waals surface area contributed by atoms with Crippen molar-refractivity contribution >= 4 is 43.8 Å². The van der Waals surface area contributed by atoms with Crippen molar-refractivity contribution in [2.24, 2.45) is 0 Å². The van der Waals surface area contributed by atoms with Crippen molar-refractivity contribution in [3.05, 3.63) is 59.2 Å². The zero-order valence-electron chi connectivity index (χ0n) is 17.2. The number of hydrogen-bond acceptors (Lipinski definition) is 7. The lowest BCUT2D eigenvalue weighted by molar-refractivity contribution is -0.114. The minimum Gasteiger partial charge on any atom is -0.497 e. The number of aromatic nitrogens is 1. The minimum atomic E-state index is -4.03. The number of thiazole rings is 1. The lowest BCUT2D eigenvalue weighted by atomic mass is 10.1. The summed E-state index contributed by atoms with van der Waals surface area (Å²) in [6.07, 6.45) is 0. The minimum absolute atomic E-state index is 0.250. The third-order valence-corrected chi connectivity index (χ3v) is 6.53. The molecule has 0 atom stereocenters. The van der Waals surface area contributed by atoms with Gasteiger partial charge in [0.2, 0.25) is 11.8 Å². The van der Waals surface area contributed by atoms with Crippen LogP contribution in [0.4, 0.5) is 15.2 Å². The Balaban J connectivity index is 1.59. The molecule has 0 saturated heterocycles. The van der Waals surface area contributed by atoms with Crippen molar-refractivity contribution in [3.8, 4) is 17.0 Å². The number of aryl methyl sites for hydroxylation is 1. The largest absolute Gasteiger partial charge is 0.497 e. The van der Waals surface area contributed by atoms with Crippen LogP contribution in [0.5, 0.6) is 5.75 Å². The van der Waals surface area contributed by atoms with Crippen LogP contribution in [0.15, 0.2) is 48.5 Å². The summed E-state index contributed by atoms with van der Waals surface area (Å²) in [5, 5.41) is 5.08. The molecule has 8 nitrogen and oxygen atoms in total. The number of carbonyl (C=O) groups is 2. The Hall–Kier alpha value is -3.31. The van der Waals surface area contributed by atoms with Gasteiger partial charge in [0.25, 0.3) is 0 Å². The maximum absolute atomic E-state index is 12.9. The molecule has 0 unspecified atom stereocenters. The van der Waals surface area contributed by atoms with Crippen molar-refractivity contribution < 1.29 is 27.1 Å². The summed E-state index contributed by atoms with van der Waals surface area (Å²) in [6.45, 7) is 1.84. The van der Waals surface area contributed by atoms with Crippen molar-refractivity contribution in [2.75, 3.05) is 29.2 Å². The van der Waals surface area contributed by atoms with Gasteiger partial charge in [-0.1, -0.05) is 0 Å². The molecule has 32 heavy (non-hydrogen) atoms. The number of rotatable bonds is 8. The van der Waals surface area contributed by atoms with Crippen LogP contribution < -0.4 is 15.4 Å². The molecule has 2 aromatic carbocycles. The predicted molar refractivity (Wildman–Crippen MR) is 121 cm³/mol. The van der Waals surface area contributed by atoms with Gasteiger partial charge < -0.3 is 15.4 Å². The number of carbonyl (C=O) groups excluding carboxylic acids is 2. The monoisotopic (exact) mass is 477 g/mol. The summed E-state index contributed by atoms with van der Waals surface area (Å²) in [4.78, 5) is 29.4. The van der Waals surface area contributed by atoms with Gasteiger partial charge in [0.15, 0.2) is 15.0 Å². The molecule has 3 aromatic rings. The average Bonchev–Trinajstić information content (AvgIpc) is 3.08. The van der Waals surface area contributed by atoms with Crippen LogP contribution in [0, 0.1) is 12.7 Å². The van der Waals surface area contributed by atoms with E-state index in [1.54, 1.807) is 19.2 Å². The summed E-state index contributed by atoms with van der Waals surface area (Å²) in [5.74, 6) is -3.17. The topological polar surface area (TPSA) is 114 Å². The maximum Gasteiger partial charge on any atom is 0.241 e. The van der Waals surface area contributed by atoms with Gasteiger partial charge in [0.05, 0.1) is 12.8 Å². The summed E-state index contributed by atoms with van der Waals surface area (Å²) in [6, 6.07) is 12.1. The Bertz CT molecular complexity index is 1220. The number of anilines is 2. The van der Waals surface area contributed by atoms with E-state index in [1.165, 1.54) is 23.5 Å². The molecular formula is C21H20FN3O5S2. The summed E-state index contributed by atoms with van der Waals surface area (Å²) in [7, 11) is -2.46. The molecule has 1 heterocycles. The third-order valence-electron chi connectivity index (χ3n) is 4.24. The van der Waals surface area contributed by atoms with Crippen LogP contribution in [0.3, 0.4) is 0 Å². The van der Waals surface area contributed by atoms with E-state index < -0.39 is 39.0 Å². The highest BCUT2D eigenvalue weighted by Gasteiger charge is 2.22. The lowest BCUT2D eigenvalue weighted by Crippen LogP contribution is -2.30. The van der Waals surface area contributed by atoms with E-state index in [4.69, 9.17) is 4.74 Å². The number of ether oxygens (including phenoxy) is 1. The highest BCUT2D eigenvalue weighted by Crippen LogP contribution is 2.31. The molecule has 3 rings (SSSR count). The zero-order valence-corrected chi connectivity index (χ0v) is 18.8. The van der Waals surface area contributed by atoms with E-state index in [0.717, 1.165) is 22.6 Å². The SMILES string of the molecule is COc1ccc(-c2nc(NC(=O)CS(=O)(=O)CC(=O)Nc3ccc(F)cc3)sc2C)cc1. The van der Waals surface area contributed by atoms with Crippen molar-refractivity contribution in [1.82, 2.24) is 4.98 Å². The molecule has 0 aliphatic carbocycles. The molecule has 0 bridgehead atoms. The first kappa shape index (κ1) is 23.4. The predicted octanol–water partition coefficient (Wildman–Crippen LogP) is 3.26. The molecule has 0 spiro atoms. The van der Waals surface area contributed by atoms with Crippen LogP contribution in [0.25, 0.3) is 11.3 Å². The molecule has 0 saturated carbocycles. The second-order valence-electron chi connectivity index (χ2n) is 6.79. The fraction of sp³-hybridized carbons (Fsp3) is 0.190. The second kappa shape index (κ2) is 9.88. The Morgan fingerprint density at radius 3 is 2.19 bits per heavy atom. The standard InChI is InChI=1S/C21H20FN3O5S2/c1-13-20(14-3-9-17(30-2)10-4-14)25-21(31-13)24-19(27)12-32(28,29)11-18(26)23-16-7-5-15(22)6-8-16/h3-10H,11-12H2,1-2H3,(H,23,26)(H,24,25,27). The fourth-order valence-corrected chi connectivity index (χ4v) is 4.70. The normalized spacial score (nSPS) is 11.1. The first-order valence-electron chi connectivity index (χ1n) is 9.33. The van der Waals surface area contributed by atoms with E-state index in [9.17, 15) is 22.4 Å². The zero-order chi connectivity index (χ0) is 23.3. The Kier molecular flexibility index (Phi) is 7.21. The van der Waals surface area contributed by atoms with Gasteiger partial charge >= 0.3 is 0 Å². The molecule has 0 aliphatic rings. The number of sulfone groups is 1.